The highest BCUT2D eigenvalue weighted by Crippen LogP contribution is 2.25. The highest BCUT2D eigenvalue weighted by atomic mass is 19.1. The van der Waals surface area contributed by atoms with Gasteiger partial charge in [0, 0.05) is 11.8 Å². The van der Waals surface area contributed by atoms with Crippen LogP contribution in [0.1, 0.15) is 25.5 Å². The van der Waals surface area contributed by atoms with Crippen molar-refractivity contribution in [2.75, 3.05) is 17.2 Å². The van der Waals surface area contributed by atoms with Gasteiger partial charge in [-0.05, 0) is 37.6 Å². The fraction of sp³-hybridized carbons (Fsp3) is 0.217. The zero-order valence-corrected chi connectivity index (χ0v) is 18.1. The molecular formula is C23H23FN6O3. The summed E-state index contributed by atoms with van der Waals surface area (Å²) in [7, 11) is 0. The Hall–Kier alpha value is -4.07. The van der Waals surface area contributed by atoms with Gasteiger partial charge in [-0.1, -0.05) is 18.7 Å². The van der Waals surface area contributed by atoms with Crippen LogP contribution in [0.15, 0.2) is 60.9 Å². The molecule has 10 heteroatoms. The number of halogens is 1. The largest absolute Gasteiger partial charge is 0.475 e. The Morgan fingerprint density at radius 3 is 2.67 bits per heavy atom. The second-order valence-electron chi connectivity index (χ2n) is 7.79. The summed E-state index contributed by atoms with van der Waals surface area (Å²) in [4.78, 5) is 12.2. The van der Waals surface area contributed by atoms with Gasteiger partial charge in [-0.3, -0.25) is 0 Å². The lowest BCUT2D eigenvalue weighted by Crippen LogP contribution is -2.28. The maximum atomic E-state index is 14.3. The maximum Gasteiger partial charge on any atom is 0.229 e. The van der Waals surface area contributed by atoms with Crippen molar-refractivity contribution in [2.45, 2.75) is 25.6 Å². The number of aromatic nitrogens is 3. The maximum absolute atomic E-state index is 14.3. The Bertz CT molecular complexity index is 1170. The smallest absolute Gasteiger partial charge is 0.229 e. The average molecular weight is 450 g/mol. The lowest BCUT2D eigenvalue weighted by atomic mass is 10.0. The number of nitrogens with zero attached hydrogens (tertiary/aromatic N) is 4. The zero-order chi connectivity index (χ0) is 24.0. The van der Waals surface area contributed by atoms with Gasteiger partial charge in [0.25, 0.3) is 0 Å². The molecule has 33 heavy (non-hydrogen) atoms. The molecule has 0 saturated carbocycles. The minimum atomic E-state index is -1.16. The molecule has 4 N–H and O–H groups in total. The van der Waals surface area contributed by atoms with E-state index in [0.717, 1.165) is 6.20 Å². The van der Waals surface area contributed by atoms with Crippen LogP contribution in [0.5, 0.6) is 5.88 Å². The fourth-order valence-electron chi connectivity index (χ4n) is 2.62. The number of nitriles is 1. The molecule has 1 aromatic carbocycles. The molecule has 0 aliphatic rings. The van der Waals surface area contributed by atoms with Crippen molar-refractivity contribution < 1.29 is 19.3 Å². The quantitative estimate of drug-likeness (QED) is 0.359. The molecule has 0 bridgehead atoms. The molecule has 0 amide bonds. The number of rotatable bonds is 9. The average Bonchev–Trinajstić information content (AvgIpc) is 2.79. The number of nitrogens with one attached hydrogen (secondary N) is 2. The van der Waals surface area contributed by atoms with Crippen molar-refractivity contribution in [3.8, 4) is 11.9 Å². The fourth-order valence-corrected chi connectivity index (χ4v) is 2.62. The number of ether oxygens (including phenoxy) is 1. The van der Waals surface area contributed by atoms with Gasteiger partial charge < -0.3 is 25.6 Å². The van der Waals surface area contributed by atoms with Crippen LogP contribution in [0.25, 0.3) is 0 Å². The zero-order valence-electron chi connectivity index (χ0n) is 18.1. The minimum Gasteiger partial charge on any atom is -0.475 e. The lowest BCUT2D eigenvalue weighted by molar-refractivity contribution is 0.0268. The predicted molar refractivity (Wildman–Crippen MR) is 121 cm³/mol. The molecule has 0 fully saturated rings. The van der Waals surface area contributed by atoms with Gasteiger partial charge in [0.05, 0.1) is 35.3 Å². The van der Waals surface area contributed by atoms with Gasteiger partial charge in [-0.2, -0.15) is 10.2 Å². The standard InChI is InChI=1S/C23H23FN6O3/c1-14(10-25)20(31)15-5-4-6-16(9-15)28-21-18(24)12-27-22(30-21)29-17-7-8-19(26-11-17)33-13-23(2,3)32/h4-9,11-12,20,31-32H,1,13H2,2-3H3,(H2,27,28,29,30). The van der Waals surface area contributed by atoms with Crippen LogP contribution in [0.2, 0.25) is 0 Å². The summed E-state index contributed by atoms with van der Waals surface area (Å²) in [6.45, 7) is 6.85. The van der Waals surface area contributed by atoms with E-state index in [9.17, 15) is 14.6 Å². The van der Waals surface area contributed by atoms with Crippen molar-refractivity contribution in [2.24, 2.45) is 0 Å². The van der Waals surface area contributed by atoms with Crippen LogP contribution in [0.4, 0.5) is 27.5 Å². The molecule has 2 heterocycles. The molecule has 3 aromatic rings. The van der Waals surface area contributed by atoms with Crippen molar-refractivity contribution in [3.05, 3.63) is 72.3 Å². The van der Waals surface area contributed by atoms with Crippen molar-refractivity contribution in [1.82, 2.24) is 15.0 Å². The van der Waals surface area contributed by atoms with Crippen LogP contribution in [0, 0.1) is 17.1 Å². The number of aliphatic hydroxyl groups is 2. The van der Waals surface area contributed by atoms with E-state index < -0.39 is 17.5 Å². The summed E-state index contributed by atoms with van der Waals surface area (Å²) in [5.74, 6) is -0.302. The van der Waals surface area contributed by atoms with Crippen LogP contribution >= 0.6 is 0 Å². The van der Waals surface area contributed by atoms with Gasteiger partial charge in [-0.25, -0.2) is 14.4 Å². The molecule has 1 atom stereocenters. The van der Waals surface area contributed by atoms with Gasteiger partial charge >= 0.3 is 0 Å². The second kappa shape index (κ2) is 10.0. The number of benzene rings is 1. The topological polar surface area (TPSA) is 136 Å². The van der Waals surface area contributed by atoms with Crippen molar-refractivity contribution >= 4 is 23.1 Å². The van der Waals surface area contributed by atoms with E-state index in [0.29, 0.717) is 22.8 Å². The number of hydrogen-bond donors (Lipinski definition) is 4. The molecular weight excluding hydrogens is 427 g/mol. The lowest BCUT2D eigenvalue weighted by Gasteiger charge is -2.17. The van der Waals surface area contributed by atoms with Crippen LogP contribution in [-0.4, -0.2) is 37.4 Å². The normalized spacial score (nSPS) is 11.9. The number of hydrogen-bond acceptors (Lipinski definition) is 9. The highest BCUT2D eigenvalue weighted by Gasteiger charge is 2.15. The SMILES string of the molecule is C=C(C#N)C(O)c1cccc(Nc2nc(Nc3ccc(OCC(C)(C)O)nc3)ncc2F)c1. The molecule has 0 spiro atoms. The first-order chi connectivity index (χ1) is 15.6. The number of anilines is 4. The number of pyridine rings is 1. The minimum absolute atomic E-state index is 0.00282. The van der Waals surface area contributed by atoms with Gasteiger partial charge in [0.2, 0.25) is 11.8 Å². The molecule has 170 valence electrons. The Balaban J connectivity index is 1.72. The Labute approximate surface area is 190 Å². The molecule has 9 nitrogen and oxygen atoms in total. The summed E-state index contributed by atoms with van der Waals surface area (Å²) >= 11 is 0. The van der Waals surface area contributed by atoms with Gasteiger partial charge in [0.1, 0.15) is 12.7 Å². The first kappa shape index (κ1) is 23.6. The van der Waals surface area contributed by atoms with Crippen LogP contribution < -0.4 is 15.4 Å². The van der Waals surface area contributed by atoms with E-state index in [2.05, 4.69) is 32.2 Å². The van der Waals surface area contributed by atoms with E-state index in [1.165, 1.54) is 6.20 Å². The molecule has 2 aromatic heterocycles. The van der Waals surface area contributed by atoms with E-state index in [1.54, 1.807) is 50.2 Å². The summed E-state index contributed by atoms with van der Waals surface area (Å²) in [6.07, 6.45) is 1.35. The van der Waals surface area contributed by atoms with Crippen molar-refractivity contribution in [1.29, 1.82) is 5.26 Å². The Kier molecular flexibility index (Phi) is 7.17. The molecule has 3 rings (SSSR count). The predicted octanol–water partition coefficient (Wildman–Crippen LogP) is 3.76. The second-order valence-corrected chi connectivity index (χ2v) is 7.79. The van der Waals surface area contributed by atoms with Gasteiger partial charge in [-0.15, -0.1) is 0 Å². The van der Waals surface area contributed by atoms with Gasteiger partial charge in [0.15, 0.2) is 11.6 Å². The third kappa shape index (κ3) is 6.70. The van der Waals surface area contributed by atoms with E-state index in [1.807, 2.05) is 6.07 Å². The molecule has 0 saturated heterocycles. The van der Waals surface area contributed by atoms with E-state index in [4.69, 9.17) is 10.00 Å². The molecule has 0 aliphatic carbocycles. The first-order valence-corrected chi connectivity index (χ1v) is 9.89. The Morgan fingerprint density at radius 2 is 2.00 bits per heavy atom. The van der Waals surface area contributed by atoms with E-state index >= 15 is 0 Å². The molecule has 0 radical (unpaired) electrons. The summed E-state index contributed by atoms with van der Waals surface area (Å²) in [5, 5.41) is 34.5. The third-order valence-electron chi connectivity index (χ3n) is 4.25. The third-order valence-corrected chi connectivity index (χ3v) is 4.25. The Morgan fingerprint density at radius 1 is 1.21 bits per heavy atom. The van der Waals surface area contributed by atoms with Crippen molar-refractivity contribution in [3.63, 3.8) is 0 Å². The number of aliphatic hydroxyl groups excluding tert-OH is 1. The molecule has 1 unspecified atom stereocenters. The first-order valence-electron chi connectivity index (χ1n) is 9.89. The van der Waals surface area contributed by atoms with Crippen LogP contribution in [0.3, 0.4) is 0 Å². The molecule has 0 aliphatic heterocycles. The van der Waals surface area contributed by atoms with Crippen LogP contribution in [-0.2, 0) is 0 Å². The summed E-state index contributed by atoms with van der Waals surface area (Å²) < 4.78 is 19.7. The monoisotopic (exact) mass is 450 g/mol. The summed E-state index contributed by atoms with van der Waals surface area (Å²) in [6, 6.07) is 11.6. The highest BCUT2D eigenvalue weighted by molar-refractivity contribution is 5.60. The summed E-state index contributed by atoms with van der Waals surface area (Å²) in [5.41, 5.74) is 0.444. The van der Waals surface area contributed by atoms with E-state index in [-0.39, 0.29) is 23.9 Å².